The Balaban J connectivity index is 2.63. The molecule has 0 spiro atoms. The maximum atomic E-state index is 5.27. The van der Waals surface area contributed by atoms with Crippen LogP contribution in [-0.4, -0.2) is 22.1 Å². The summed E-state index contributed by atoms with van der Waals surface area (Å²) in [6.45, 7) is 4.06. The van der Waals surface area contributed by atoms with Gasteiger partial charge in [-0.05, 0) is 41.3 Å². The van der Waals surface area contributed by atoms with Crippen LogP contribution < -0.4 is 0 Å². The Morgan fingerprint density at radius 1 is 1.58 bits per heavy atom. The predicted molar refractivity (Wildman–Crippen MR) is 52.4 cm³/mol. The molecule has 1 heterocycles. The van der Waals surface area contributed by atoms with Gasteiger partial charge in [-0.3, -0.25) is 0 Å². The van der Waals surface area contributed by atoms with Crippen LogP contribution in [0.5, 0.6) is 0 Å². The monoisotopic (exact) mass is 250 g/mol. The molecular formula is C7H11BrN2OS. The van der Waals surface area contributed by atoms with E-state index in [0.29, 0.717) is 4.73 Å². The molecule has 0 saturated carbocycles. The molecule has 0 aliphatic heterocycles. The highest BCUT2D eigenvalue weighted by molar-refractivity contribution is 9.10. The van der Waals surface area contributed by atoms with Crippen molar-refractivity contribution in [3.05, 3.63) is 9.74 Å². The normalized spacial score (nSPS) is 12.0. The average molecular weight is 251 g/mol. The summed E-state index contributed by atoms with van der Waals surface area (Å²) in [5.74, 6) is 0. The van der Waals surface area contributed by atoms with Crippen molar-refractivity contribution in [1.82, 2.24) is 9.36 Å². The van der Waals surface area contributed by atoms with E-state index in [4.69, 9.17) is 4.74 Å². The molecule has 5 heteroatoms. The Bertz CT molecular complexity index is 262. The van der Waals surface area contributed by atoms with Gasteiger partial charge in [0, 0.05) is 13.5 Å². The van der Waals surface area contributed by atoms with Crippen LogP contribution in [0, 0.1) is 0 Å². The van der Waals surface area contributed by atoms with E-state index >= 15 is 0 Å². The van der Waals surface area contributed by atoms with Gasteiger partial charge in [0.15, 0.2) is 0 Å². The standard InChI is InChI=1S/C7H11BrN2OS/c1-7(2,11-3)4-5-9-6(8)10-12-5/h4H2,1-3H3. The maximum absolute atomic E-state index is 5.27. The lowest BCUT2D eigenvalue weighted by molar-refractivity contribution is 0.0231. The molecule has 0 amide bonds. The van der Waals surface area contributed by atoms with Gasteiger partial charge in [-0.1, -0.05) is 0 Å². The van der Waals surface area contributed by atoms with Gasteiger partial charge in [0.05, 0.1) is 5.60 Å². The van der Waals surface area contributed by atoms with Gasteiger partial charge >= 0.3 is 0 Å². The molecule has 1 rings (SSSR count). The minimum atomic E-state index is -0.154. The van der Waals surface area contributed by atoms with Crippen molar-refractivity contribution >= 4 is 27.5 Å². The number of ether oxygens (including phenoxy) is 1. The summed E-state index contributed by atoms with van der Waals surface area (Å²) >= 11 is 4.61. The van der Waals surface area contributed by atoms with Crippen molar-refractivity contribution in [2.75, 3.05) is 7.11 Å². The Hall–Kier alpha value is -0.0000000000000000278. The van der Waals surface area contributed by atoms with E-state index in [9.17, 15) is 0 Å². The minimum absolute atomic E-state index is 0.154. The first kappa shape index (κ1) is 10.1. The van der Waals surface area contributed by atoms with E-state index in [-0.39, 0.29) is 5.60 Å². The smallest absolute Gasteiger partial charge is 0.209 e. The summed E-state index contributed by atoms with van der Waals surface area (Å²) in [5.41, 5.74) is -0.154. The quantitative estimate of drug-likeness (QED) is 0.826. The van der Waals surface area contributed by atoms with E-state index < -0.39 is 0 Å². The van der Waals surface area contributed by atoms with E-state index in [1.54, 1.807) is 7.11 Å². The van der Waals surface area contributed by atoms with E-state index in [1.807, 2.05) is 13.8 Å². The fourth-order valence-electron chi connectivity index (χ4n) is 0.742. The van der Waals surface area contributed by atoms with Gasteiger partial charge in [-0.2, -0.15) is 4.37 Å². The summed E-state index contributed by atoms with van der Waals surface area (Å²) in [7, 11) is 1.70. The third-order valence-electron chi connectivity index (χ3n) is 1.57. The van der Waals surface area contributed by atoms with Crippen molar-refractivity contribution in [3.63, 3.8) is 0 Å². The van der Waals surface area contributed by atoms with Crippen LogP contribution in [-0.2, 0) is 11.2 Å². The highest BCUT2D eigenvalue weighted by Gasteiger charge is 2.19. The van der Waals surface area contributed by atoms with Crippen LogP contribution >= 0.6 is 27.5 Å². The second-order valence-corrected chi connectivity index (χ2v) is 4.64. The summed E-state index contributed by atoms with van der Waals surface area (Å²) in [6, 6.07) is 0. The summed E-state index contributed by atoms with van der Waals surface area (Å²) in [4.78, 5) is 4.19. The van der Waals surface area contributed by atoms with Crippen LogP contribution in [0.4, 0.5) is 0 Å². The van der Waals surface area contributed by atoms with Crippen LogP contribution in [0.15, 0.2) is 4.73 Å². The highest BCUT2D eigenvalue weighted by Crippen LogP contribution is 2.18. The van der Waals surface area contributed by atoms with Gasteiger partial charge < -0.3 is 4.74 Å². The maximum Gasteiger partial charge on any atom is 0.209 e. The van der Waals surface area contributed by atoms with Crippen LogP contribution in [0.3, 0.4) is 0 Å². The summed E-state index contributed by atoms with van der Waals surface area (Å²) < 4.78 is 9.96. The average Bonchev–Trinajstić information content (AvgIpc) is 2.35. The minimum Gasteiger partial charge on any atom is -0.378 e. The topological polar surface area (TPSA) is 35.0 Å². The molecule has 0 aliphatic rings. The van der Waals surface area contributed by atoms with Gasteiger partial charge in [0.1, 0.15) is 5.01 Å². The zero-order valence-corrected chi connectivity index (χ0v) is 9.70. The van der Waals surface area contributed by atoms with Gasteiger partial charge in [0.2, 0.25) is 4.73 Å². The molecule has 1 aromatic heterocycles. The molecule has 0 unspecified atom stereocenters. The number of hydrogen-bond donors (Lipinski definition) is 0. The third kappa shape index (κ3) is 2.80. The number of halogens is 1. The van der Waals surface area contributed by atoms with Crippen molar-refractivity contribution in [3.8, 4) is 0 Å². The van der Waals surface area contributed by atoms with Crippen molar-refractivity contribution in [1.29, 1.82) is 0 Å². The molecule has 0 bridgehead atoms. The second kappa shape index (κ2) is 3.81. The van der Waals surface area contributed by atoms with Crippen LogP contribution in [0.25, 0.3) is 0 Å². The second-order valence-electron chi connectivity index (χ2n) is 3.10. The van der Waals surface area contributed by atoms with E-state index in [2.05, 4.69) is 25.3 Å². The lowest BCUT2D eigenvalue weighted by Gasteiger charge is -2.20. The number of aromatic nitrogens is 2. The molecule has 1 aromatic rings. The van der Waals surface area contributed by atoms with Crippen molar-refractivity contribution in [2.24, 2.45) is 0 Å². The fourth-order valence-corrected chi connectivity index (χ4v) is 2.05. The third-order valence-corrected chi connectivity index (χ3v) is 2.87. The molecule has 0 fully saturated rings. The molecular weight excluding hydrogens is 240 g/mol. The highest BCUT2D eigenvalue weighted by atomic mass is 79.9. The molecule has 0 aromatic carbocycles. The van der Waals surface area contributed by atoms with Crippen molar-refractivity contribution < 1.29 is 4.74 Å². The number of hydrogen-bond acceptors (Lipinski definition) is 4. The largest absolute Gasteiger partial charge is 0.378 e. The number of nitrogens with zero attached hydrogens (tertiary/aromatic N) is 2. The molecule has 0 radical (unpaired) electrons. The SMILES string of the molecule is COC(C)(C)Cc1nc(Br)ns1. The zero-order chi connectivity index (χ0) is 9.19. The molecule has 0 aliphatic carbocycles. The Kier molecular flexibility index (Phi) is 3.20. The number of rotatable bonds is 3. The van der Waals surface area contributed by atoms with E-state index in [0.717, 1.165) is 11.4 Å². The predicted octanol–water partition coefficient (Wildman–Crippen LogP) is 2.27. The molecule has 0 saturated heterocycles. The first-order valence-corrected chi connectivity index (χ1v) is 5.13. The van der Waals surface area contributed by atoms with Gasteiger partial charge in [0.25, 0.3) is 0 Å². The first-order valence-electron chi connectivity index (χ1n) is 3.57. The number of methoxy groups -OCH3 is 1. The first-order chi connectivity index (χ1) is 5.53. The fraction of sp³-hybridized carbons (Fsp3) is 0.714. The molecule has 12 heavy (non-hydrogen) atoms. The Morgan fingerprint density at radius 2 is 2.25 bits per heavy atom. The molecule has 68 valence electrons. The molecule has 0 N–H and O–H groups in total. The van der Waals surface area contributed by atoms with Crippen molar-refractivity contribution in [2.45, 2.75) is 25.9 Å². The summed E-state index contributed by atoms with van der Waals surface area (Å²) in [5, 5.41) is 0.994. The lowest BCUT2D eigenvalue weighted by atomic mass is 10.1. The summed E-state index contributed by atoms with van der Waals surface area (Å²) in [6.07, 6.45) is 0.798. The van der Waals surface area contributed by atoms with Crippen LogP contribution in [0.2, 0.25) is 0 Å². The zero-order valence-electron chi connectivity index (χ0n) is 7.30. The van der Waals surface area contributed by atoms with E-state index in [1.165, 1.54) is 11.5 Å². The van der Waals surface area contributed by atoms with Gasteiger partial charge in [-0.25, -0.2) is 4.98 Å². The Morgan fingerprint density at radius 3 is 2.67 bits per heavy atom. The Labute approximate surface area is 84.5 Å². The van der Waals surface area contributed by atoms with Crippen LogP contribution in [0.1, 0.15) is 18.9 Å². The van der Waals surface area contributed by atoms with Gasteiger partial charge in [-0.15, -0.1) is 0 Å². The molecule has 0 atom stereocenters. The lowest BCUT2D eigenvalue weighted by Crippen LogP contribution is -2.25. The molecule has 3 nitrogen and oxygen atoms in total.